The third kappa shape index (κ3) is 3.00. The van der Waals surface area contributed by atoms with Crippen LogP contribution in [-0.2, 0) is 11.3 Å². The maximum atomic E-state index is 13.7. The van der Waals surface area contributed by atoms with E-state index in [1.807, 2.05) is 24.1 Å². The molecule has 1 aromatic heterocycles. The molecule has 0 aliphatic carbocycles. The Hall–Kier alpha value is -2.41. The number of methoxy groups -OCH3 is 1. The molecule has 0 N–H and O–H groups in total. The molecule has 2 aliphatic heterocycles. The predicted octanol–water partition coefficient (Wildman–Crippen LogP) is 2.55. The Labute approximate surface area is 158 Å². The van der Waals surface area contributed by atoms with Crippen molar-refractivity contribution >= 4 is 11.6 Å². The Morgan fingerprint density at radius 1 is 1.33 bits per heavy atom. The number of amides is 1. The van der Waals surface area contributed by atoms with E-state index in [1.54, 1.807) is 30.0 Å². The molecular weight excluding hydrogens is 347 g/mol. The molecule has 2 saturated heterocycles. The number of piperidine rings is 1. The summed E-state index contributed by atoms with van der Waals surface area (Å²) < 4.78 is 21.2. The zero-order chi connectivity index (χ0) is 19.0. The lowest BCUT2D eigenvalue weighted by Gasteiger charge is -2.61. The number of hydrogen-bond donors (Lipinski definition) is 0. The fourth-order valence-corrected chi connectivity index (χ4v) is 4.38. The lowest BCUT2D eigenvalue weighted by molar-refractivity contribution is -0.0434. The monoisotopic (exact) mass is 372 g/mol. The van der Waals surface area contributed by atoms with Gasteiger partial charge in [0.05, 0.1) is 11.6 Å². The van der Waals surface area contributed by atoms with Crippen molar-refractivity contribution in [3.8, 4) is 0 Å². The fourth-order valence-electron chi connectivity index (χ4n) is 4.38. The quantitative estimate of drug-likeness (QED) is 0.828. The molecule has 1 unspecified atom stereocenters. The normalized spacial score (nSPS) is 21.4. The van der Waals surface area contributed by atoms with Gasteiger partial charge in [-0.2, -0.15) is 5.10 Å². The molecule has 0 radical (unpaired) electrons. The minimum atomic E-state index is -0.234. The van der Waals surface area contributed by atoms with Crippen LogP contribution in [0.25, 0.3) is 0 Å². The number of aryl methyl sites for hydroxylation is 1. The topological polar surface area (TPSA) is 50.6 Å². The number of ether oxygens (including phenoxy) is 1. The van der Waals surface area contributed by atoms with E-state index in [4.69, 9.17) is 4.74 Å². The van der Waals surface area contributed by atoms with Crippen LogP contribution in [0.4, 0.5) is 10.1 Å². The predicted molar refractivity (Wildman–Crippen MR) is 100 cm³/mol. The second kappa shape index (κ2) is 6.96. The number of benzene rings is 1. The van der Waals surface area contributed by atoms with Crippen LogP contribution in [-0.4, -0.2) is 59.0 Å². The van der Waals surface area contributed by atoms with E-state index in [0.717, 1.165) is 31.6 Å². The highest BCUT2D eigenvalue weighted by atomic mass is 19.1. The van der Waals surface area contributed by atoms with Gasteiger partial charge in [-0.3, -0.25) is 9.48 Å². The molecule has 2 fully saturated rings. The van der Waals surface area contributed by atoms with Crippen LogP contribution in [0.3, 0.4) is 0 Å². The molecule has 144 valence electrons. The molecule has 1 spiro atoms. The van der Waals surface area contributed by atoms with Crippen molar-refractivity contribution in [3.63, 3.8) is 0 Å². The number of hydrogen-bond acceptors (Lipinski definition) is 4. The second-order valence-corrected chi connectivity index (χ2v) is 7.27. The molecule has 1 atom stereocenters. The number of likely N-dealkylation sites (tertiary alicyclic amines) is 1. The van der Waals surface area contributed by atoms with Crippen molar-refractivity contribution in [2.45, 2.75) is 38.0 Å². The van der Waals surface area contributed by atoms with E-state index in [1.165, 1.54) is 6.07 Å². The Morgan fingerprint density at radius 3 is 2.74 bits per heavy atom. The Kier molecular flexibility index (Phi) is 4.63. The summed E-state index contributed by atoms with van der Waals surface area (Å²) in [4.78, 5) is 16.8. The van der Waals surface area contributed by atoms with Crippen LogP contribution in [0.1, 0.15) is 30.3 Å². The summed E-state index contributed by atoms with van der Waals surface area (Å²) in [5.74, 6) is -0.259. The summed E-state index contributed by atoms with van der Waals surface area (Å²) in [5, 5.41) is 4.33. The third-order valence-electron chi connectivity index (χ3n) is 5.99. The van der Waals surface area contributed by atoms with Gasteiger partial charge in [0.15, 0.2) is 0 Å². The molecule has 2 aliphatic rings. The molecule has 6 nitrogen and oxygen atoms in total. The Bertz CT molecular complexity index is 829. The van der Waals surface area contributed by atoms with E-state index in [2.05, 4.69) is 10.00 Å². The summed E-state index contributed by atoms with van der Waals surface area (Å²) in [7, 11) is 1.73. The van der Waals surface area contributed by atoms with E-state index >= 15 is 0 Å². The van der Waals surface area contributed by atoms with Gasteiger partial charge in [-0.1, -0.05) is 6.07 Å². The molecule has 4 rings (SSSR count). The van der Waals surface area contributed by atoms with Gasteiger partial charge < -0.3 is 14.5 Å². The minimum Gasteiger partial charge on any atom is -0.377 e. The number of anilines is 1. The average Bonchev–Trinajstić information content (AvgIpc) is 3.16. The SMILES string of the molecule is CCn1ccc(C(=O)N2CCC3(CC2)C(OC)CN3c2cccc(F)c2)n1. The van der Waals surface area contributed by atoms with Gasteiger partial charge in [0.1, 0.15) is 11.5 Å². The van der Waals surface area contributed by atoms with Crippen LogP contribution in [0.2, 0.25) is 0 Å². The molecule has 1 amide bonds. The highest BCUT2D eigenvalue weighted by molar-refractivity contribution is 5.92. The average molecular weight is 372 g/mol. The maximum absolute atomic E-state index is 13.7. The first-order chi connectivity index (χ1) is 13.1. The molecule has 3 heterocycles. The smallest absolute Gasteiger partial charge is 0.274 e. The van der Waals surface area contributed by atoms with E-state index < -0.39 is 0 Å². The zero-order valence-corrected chi connectivity index (χ0v) is 15.8. The van der Waals surface area contributed by atoms with Crippen molar-refractivity contribution in [1.29, 1.82) is 0 Å². The minimum absolute atomic E-state index is 0.0253. The molecule has 7 heteroatoms. The number of rotatable bonds is 4. The summed E-state index contributed by atoms with van der Waals surface area (Å²) in [6, 6.07) is 8.48. The first kappa shape index (κ1) is 18.0. The van der Waals surface area contributed by atoms with Crippen molar-refractivity contribution in [2.75, 3.05) is 31.6 Å². The highest BCUT2D eigenvalue weighted by Gasteiger charge is 2.55. The van der Waals surface area contributed by atoms with Crippen molar-refractivity contribution in [3.05, 3.63) is 48.0 Å². The second-order valence-electron chi connectivity index (χ2n) is 7.27. The molecule has 2 aromatic rings. The first-order valence-electron chi connectivity index (χ1n) is 9.46. The summed E-state index contributed by atoms with van der Waals surface area (Å²) >= 11 is 0. The lowest BCUT2D eigenvalue weighted by atomic mass is 9.73. The largest absolute Gasteiger partial charge is 0.377 e. The number of carbonyl (C=O) groups excluding carboxylic acids is 1. The number of halogens is 1. The zero-order valence-electron chi connectivity index (χ0n) is 15.8. The van der Waals surface area contributed by atoms with Gasteiger partial charge in [-0.25, -0.2) is 4.39 Å². The Balaban J connectivity index is 1.49. The van der Waals surface area contributed by atoms with Gasteiger partial charge in [0, 0.05) is 45.2 Å². The van der Waals surface area contributed by atoms with Crippen molar-refractivity contribution in [1.82, 2.24) is 14.7 Å². The van der Waals surface area contributed by atoms with E-state index in [-0.39, 0.29) is 23.4 Å². The van der Waals surface area contributed by atoms with Crippen LogP contribution < -0.4 is 4.90 Å². The third-order valence-corrected chi connectivity index (χ3v) is 5.99. The standard InChI is InChI=1S/C20H25FN4O2/c1-3-24-10-7-17(22-24)19(26)23-11-8-20(9-12-23)18(27-2)14-25(20)16-6-4-5-15(21)13-16/h4-7,10,13,18H,3,8-9,11-12,14H2,1-2H3. The number of carbonyl (C=O) groups is 1. The fraction of sp³-hybridized carbons (Fsp3) is 0.500. The number of nitrogens with zero attached hydrogens (tertiary/aromatic N) is 4. The van der Waals surface area contributed by atoms with Gasteiger partial charge in [0.25, 0.3) is 5.91 Å². The Morgan fingerprint density at radius 2 is 2.11 bits per heavy atom. The lowest BCUT2D eigenvalue weighted by Crippen LogP contribution is -2.74. The van der Waals surface area contributed by atoms with Crippen LogP contribution in [0.5, 0.6) is 0 Å². The van der Waals surface area contributed by atoms with Crippen LogP contribution in [0, 0.1) is 5.82 Å². The summed E-state index contributed by atoms with van der Waals surface area (Å²) in [5.41, 5.74) is 1.19. The number of aromatic nitrogens is 2. The van der Waals surface area contributed by atoms with Gasteiger partial charge >= 0.3 is 0 Å². The van der Waals surface area contributed by atoms with Gasteiger partial charge in [-0.05, 0) is 44.0 Å². The van der Waals surface area contributed by atoms with Crippen molar-refractivity contribution in [2.24, 2.45) is 0 Å². The highest BCUT2D eigenvalue weighted by Crippen LogP contribution is 2.44. The first-order valence-corrected chi connectivity index (χ1v) is 9.46. The van der Waals surface area contributed by atoms with E-state index in [0.29, 0.717) is 18.8 Å². The molecule has 1 aromatic carbocycles. The molecule has 0 saturated carbocycles. The van der Waals surface area contributed by atoms with Gasteiger partial charge in [0.2, 0.25) is 0 Å². The molecular formula is C20H25FN4O2. The molecule has 27 heavy (non-hydrogen) atoms. The van der Waals surface area contributed by atoms with Gasteiger partial charge in [-0.15, -0.1) is 0 Å². The van der Waals surface area contributed by atoms with Crippen molar-refractivity contribution < 1.29 is 13.9 Å². The maximum Gasteiger partial charge on any atom is 0.274 e. The summed E-state index contributed by atoms with van der Waals surface area (Å²) in [6.45, 7) is 4.77. The van der Waals surface area contributed by atoms with Crippen LogP contribution >= 0.6 is 0 Å². The van der Waals surface area contributed by atoms with E-state index in [9.17, 15) is 9.18 Å². The van der Waals surface area contributed by atoms with Crippen LogP contribution in [0.15, 0.2) is 36.5 Å². The molecule has 0 bridgehead atoms. The summed E-state index contributed by atoms with van der Waals surface area (Å²) in [6.07, 6.45) is 3.51.